The third kappa shape index (κ3) is 3.93. The molecule has 0 unspecified atom stereocenters. The van der Waals surface area contributed by atoms with Crippen LogP contribution in [0.15, 0.2) is 42.0 Å². The number of thiocarbonyl (C=S) groups is 1. The molecule has 1 N–H and O–H groups in total. The van der Waals surface area contributed by atoms with Gasteiger partial charge in [-0.05, 0) is 37.4 Å². The molecule has 0 spiro atoms. The fraction of sp³-hybridized carbons (Fsp3) is 0.190. The molecule has 0 bridgehead atoms. The molecule has 0 saturated carbocycles. The van der Waals surface area contributed by atoms with Crippen molar-refractivity contribution in [3.05, 3.63) is 53.1 Å². The lowest BCUT2D eigenvalue weighted by Crippen LogP contribution is -2.54. The van der Waals surface area contributed by atoms with Gasteiger partial charge in [0.1, 0.15) is 22.8 Å². The van der Waals surface area contributed by atoms with Crippen molar-refractivity contribution in [3.63, 3.8) is 0 Å². The molecule has 29 heavy (non-hydrogen) atoms. The Morgan fingerprint density at radius 3 is 2.07 bits per heavy atom. The van der Waals surface area contributed by atoms with Crippen LogP contribution in [0.2, 0.25) is 0 Å². The van der Waals surface area contributed by atoms with Gasteiger partial charge in [-0.3, -0.25) is 19.8 Å². The Morgan fingerprint density at radius 1 is 0.966 bits per heavy atom. The zero-order valence-electron chi connectivity index (χ0n) is 16.4. The fourth-order valence-corrected chi connectivity index (χ4v) is 3.19. The molecule has 1 saturated heterocycles. The number of ether oxygens (including phenoxy) is 3. The maximum Gasteiger partial charge on any atom is 0.270 e. The van der Waals surface area contributed by atoms with E-state index in [4.69, 9.17) is 26.4 Å². The third-order valence-corrected chi connectivity index (χ3v) is 4.72. The molecule has 1 heterocycles. The van der Waals surface area contributed by atoms with Gasteiger partial charge in [-0.1, -0.05) is 17.7 Å². The Morgan fingerprint density at radius 2 is 1.55 bits per heavy atom. The highest BCUT2D eigenvalue weighted by Gasteiger charge is 2.35. The van der Waals surface area contributed by atoms with Crippen molar-refractivity contribution in [1.82, 2.24) is 5.32 Å². The zero-order chi connectivity index (χ0) is 21.1. The number of anilines is 1. The molecule has 0 aliphatic carbocycles. The van der Waals surface area contributed by atoms with E-state index in [2.05, 4.69) is 5.32 Å². The lowest BCUT2D eigenvalue weighted by Gasteiger charge is -2.29. The van der Waals surface area contributed by atoms with Crippen molar-refractivity contribution in [3.8, 4) is 17.2 Å². The van der Waals surface area contributed by atoms with E-state index < -0.39 is 11.8 Å². The molecule has 1 aliphatic rings. The minimum Gasteiger partial charge on any atom is -0.496 e. The number of hydrogen-bond donors (Lipinski definition) is 1. The number of nitrogens with zero attached hydrogens (tertiary/aromatic N) is 1. The van der Waals surface area contributed by atoms with Crippen molar-refractivity contribution in [1.29, 1.82) is 0 Å². The minimum atomic E-state index is -0.594. The molecule has 8 heteroatoms. The predicted molar refractivity (Wildman–Crippen MR) is 113 cm³/mol. The Hall–Kier alpha value is -3.39. The number of methoxy groups -OCH3 is 3. The molecule has 3 rings (SSSR count). The zero-order valence-corrected chi connectivity index (χ0v) is 17.3. The van der Waals surface area contributed by atoms with Crippen LogP contribution in [0.25, 0.3) is 6.08 Å². The average Bonchev–Trinajstić information content (AvgIpc) is 2.71. The smallest absolute Gasteiger partial charge is 0.270 e. The summed E-state index contributed by atoms with van der Waals surface area (Å²) in [6.07, 6.45) is 1.43. The van der Waals surface area contributed by atoms with Gasteiger partial charge in [0, 0.05) is 12.1 Å². The Balaban J connectivity index is 2.11. The van der Waals surface area contributed by atoms with Gasteiger partial charge in [0.2, 0.25) is 0 Å². The number of hydrogen-bond acceptors (Lipinski definition) is 6. The number of rotatable bonds is 5. The van der Waals surface area contributed by atoms with Crippen LogP contribution in [0, 0.1) is 6.92 Å². The van der Waals surface area contributed by atoms with Crippen molar-refractivity contribution in [2.45, 2.75) is 6.92 Å². The molecule has 0 aromatic heterocycles. The van der Waals surface area contributed by atoms with Crippen molar-refractivity contribution in [2.24, 2.45) is 0 Å². The van der Waals surface area contributed by atoms with Gasteiger partial charge < -0.3 is 14.2 Å². The number of carbonyl (C=O) groups excluding carboxylic acids is 2. The maximum absolute atomic E-state index is 13.2. The lowest BCUT2D eigenvalue weighted by atomic mass is 10.0. The summed E-state index contributed by atoms with van der Waals surface area (Å²) < 4.78 is 16.0. The second-order valence-corrected chi connectivity index (χ2v) is 6.63. The van der Waals surface area contributed by atoms with Crippen LogP contribution in [-0.4, -0.2) is 38.3 Å². The normalized spacial score (nSPS) is 15.4. The van der Waals surface area contributed by atoms with Crippen molar-refractivity contribution in [2.75, 3.05) is 26.2 Å². The van der Waals surface area contributed by atoms with Crippen LogP contribution in [0.3, 0.4) is 0 Å². The molecule has 0 atom stereocenters. The lowest BCUT2D eigenvalue weighted by molar-refractivity contribution is -0.122. The minimum absolute atomic E-state index is 0.0228. The summed E-state index contributed by atoms with van der Waals surface area (Å²) in [5, 5.41) is 2.59. The molecule has 150 valence electrons. The molecule has 0 radical (unpaired) electrons. The third-order valence-electron chi connectivity index (χ3n) is 4.44. The number of aryl methyl sites for hydroxylation is 1. The highest BCUT2D eigenvalue weighted by molar-refractivity contribution is 7.80. The number of nitrogens with one attached hydrogen (secondary N) is 1. The highest BCUT2D eigenvalue weighted by atomic mass is 32.1. The van der Waals surface area contributed by atoms with Gasteiger partial charge >= 0.3 is 0 Å². The van der Waals surface area contributed by atoms with Crippen LogP contribution in [0.4, 0.5) is 5.69 Å². The van der Waals surface area contributed by atoms with Gasteiger partial charge in [-0.25, -0.2) is 0 Å². The average molecular weight is 412 g/mol. The number of amides is 2. The second-order valence-electron chi connectivity index (χ2n) is 6.24. The van der Waals surface area contributed by atoms with Gasteiger partial charge in [0.05, 0.1) is 32.6 Å². The first-order valence-corrected chi connectivity index (χ1v) is 9.08. The van der Waals surface area contributed by atoms with E-state index in [0.29, 0.717) is 28.5 Å². The topological polar surface area (TPSA) is 77.1 Å². The van der Waals surface area contributed by atoms with E-state index >= 15 is 0 Å². The Bertz CT molecular complexity index is 989. The molecule has 1 aliphatic heterocycles. The maximum atomic E-state index is 13.2. The monoisotopic (exact) mass is 412 g/mol. The highest BCUT2D eigenvalue weighted by Crippen LogP contribution is 2.36. The number of benzene rings is 2. The first-order chi connectivity index (χ1) is 13.9. The number of carbonyl (C=O) groups is 2. The van der Waals surface area contributed by atoms with Crippen LogP contribution in [0.5, 0.6) is 17.2 Å². The summed E-state index contributed by atoms with van der Waals surface area (Å²) >= 11 is 5.22. The van der Waals surface area contributed by atoms with Crippen LogP contribution in [0.1, 0.15) is 11.1 Å². The van der Waals surface area contributed by atoms with Gasteiger partial charge in [0.25, 0.3) is 11.8 Å². The van der Waals surface area contributed by atoms with E-state index in [1.807, 2.05) is 19.1 Å². The predicted octanol–water partition coefficient (Wildman–Crippen LogP) is 2.85. The Labute approximate surface area is 173 Å². The van der Waals surface area contributed by atoms with Gasteiger partial charge in [-0.2, -0.15) is 0 Å². The quantitative estimate of drug-likeness (QED) is 0.462. The molecular weight excluding hydrogens is 392 g/mol. The molecule has 2 amide bonds. The van der Waals surface area contributed by atoms with E-state index in [-0.39, 0.29) is 10.7 Å². The summed E-state index contributed by atoms with van der Waals surface area (Å²) in [5.74, 6) is 0.169. The summed E-state index contributed by atoms with van der Waals surface area (Å²) in [6, 6.07) is 10.5. The first kappa shape index (κ1) is 20.3. The molecular formula is C21H20N2O5S. The van der Waals surface area contributed by atoms with E-state index in [1.54, 1.807) is 24.3 Å². The standard InChI is InChI=1S/C21H20N2O5S/c1-12-5-7-13(8-6-12)23-20(25)16(19(24)22-21(23)29)11-15-17(27-3)9-14(26-2)10-18(15)28-4/h5-11H,1-4H3,(H,22,24,29)/b16-11-. The van der Waals surface area contributed by atoms with E-state index in [9.17, 15) is 9.59 Å². The Kier molecular flexibility index (Phi) is 5.84. The van der Waals surface area contributed by atoms with Crippen LogP contribution < -0.4 is 24.4 Å². The SMILES string of the molecule is COc1cc(OC)c(/C=C2/C(=O)NC(=S)N(c3ccc(C)cc3)C2=O)c(OC)c1. The first-order valence-electron chi connectivity index (χ1n) is 8.67. The van der Waals surface area contributed by atoms with E-state index in [1.165, 1.54) is 32.3 Å². The van der Waals surface area contributed by atoms with Crippen LogP contribution in [-0.2, 0) is 9.59 Å². The van der Waals surface area contributed by atoms with Gasteiger partial charge in [0.15, 0.2) is 5.11 Å². The fourth-order valence-electron chi connectivity index (χ4n) is 2.91. The summed E-state index contributed by atoms with van der Waals surface area (Å²) in [4.78, 5) is 27.0. The van der Waals surface area contributed by atoms with Crippen LogP contribution >= 0.6 is 12.2 Å². The summed E-state index contributed by atoms with van der Waals surface area (Å²) in [6.45, 7) is 1.94. The van der Waals surface area contributed by atoms with Crippen molar-refractivity contribution < 1.29 is 23.8 Å². The molecule has 2 aromatic carbocycles. The van der Waals surface area contributed by atoms with Gasteiger partial charge in [-0.15, -0.1) is 0 Å². The summed E-state index contributed by atoms with van der Waals surface area (Å²) in [7, 11) is 4.48. The molecule has 7 nitrogen and oxygen atoms in total. The molecule has 2 aromatic rings. The summed E-state index contributed by atoms with van der Waals surface area (Å²) in [5.41, 5.74) is 1.94. The second kappa shape index (κ2) is 8.32. The molecule has 1 fully saturated rings. The van der Waals surface area contributed by atoms with E-state index in [0.717, 1.165) is 5.56 Å². The largest absolute Gasteiger partial charge is 0.496 e. The van der Waals surface area contributed by atoms with Crippen molar-refractivity contribution >= 4 is 40.9 Å².